The van der Waals surface area contributed by atoms with Gasteiger partial charge in [-0.2, -0.15) is 0 Å². The van der Waals surface area contributed by atoms with Crippen molar-refractivity contribution in [3.05, 3.63) is 24.0 Å². The van der Waals surface area contributed by atoms with E-state index in [1.165, 1.54) is 0 Å². The molecule has 2 N–H and O–H groups in total. The number of amides is 1. The third kappa shape index (κ3) is 1.77. The van der Waals surface area contributed by atoms with Crippen LogP contribution in [0, 0.1) is 0 Å². The third-order valence-electron chi connectivity index (χ3n) is 1.09. The summed E-state index contributed by atoms with van der Waals surface area (Å²) in [6.07, 6.45) is 3.36. The van der Waals surface area contributed by atoms with Crippen LogP contribution in [-0.2, 0) is 0 Å². The fourth-order valence-corrected chi connectivity index (χ4v) is 0.609. The van der Waals surface area contributed by atoms with Crippen LogP contribution in [0.5, 0.6) is 0 Å². The number of H-pyrrole nitrogens is 1. The van der Waals surface area contributed by atoms with Gasteiger partial charge in [-0.3, -0.25) is 4.79 Å². The number of halogens is 1. The van der Waals surface area contributed by atoms with Crippen molar-refractivity contribution in [1.82, 2.24) is 10.3 Å². The molecule has 1 heterocycles. The molecule has 0 aliphatic heterocycles. The Hall–Kier alpha value is -0.960. The fourth-order valence-electron chi connectivity index (χ4n) is 0.609. The summed E-state index contributed by atoms with van der Waals surface area (Å²) in [5.74, 6) is -0.0590. The normalized spacial score (nSPS) is 8.10. The van der Waals surface area contributed by atoms with Crippen LogP contribution < -0.4 is 5.32 Å². The van der Waals surface area contributed by atoms with Gasteiger partial charge in [0.2, 0.25) is 0 Å². The van der Waals surface area contributed by atoms with E-state index in [4.69, 9.17) is 0 Å². The summed E-state index contributed by atoms with van der Waals surface area (Å²) in [5.41, 5.74) is 0.664. The molecule has 0 aliphatic rings. The second-order valence-corrected chi connectivity index (χ2v) is 1.68. The maximum absolute atomic E-state index is 10.7. The quantitative estimate of drug-likeness (QED) is 0.627. The van der Waals surface area contributed by atoms with E-state index in [-0.39, 0.29) is 18.3 Å². The topological polar surface area (TPSA) is 44.9 Å². The molecule has 3 nitrogen and oxygen atoms in total. The van der Waals surface area contributed by atoms with Gasteiger partial charge < -0.3 is 10.3 Å². The summed E-state index contributed by atoms with van der Waals surface area (Å²) in [5, 5.41) is 2.51. The summed E-state index contributed by atoms with van der Waals surface area (Å²) in [6, 6.07) is 1.72. The van der Waals surface area contributed by atoms with Gasteiger partial charge in [0.1, 0.15) is 0 Å². The van der Waals surface area contributed by atoms with Crippen molar-refractivity contribution in [1.29, 1.82) is 0 Å². The number of nitrogens with one attached hydrogen (secondary N) is 2. The van der Waals surface area contributed by atoms with Crippen molar-refractivity contribution in [3.8, 4) is 0 Å². The number of carbonyl (C=O) groups excluding carboxylic acids is 1. The van der Waals surface area contributed by atoms with Crippen LogP contribution in [0.1, 0.15) is 10.4 Å². The summed E-state index contributed by atoms with van der Waals surface area (Å²) < 4.78 is 0. The van der Waals surface area contributed by atoms with Gasteiger partial charge in [-0.05, 0) is 6.07 Å². The number of carbonyl (C=O) groups is 1. The highest BCUT2D eigenvalue weighted by Gasteiger charge is 1.99. The highest BCUT2D eigenvalue weighted by molar-refractivity contribution is 5.93. The van der Waals surface area contributed by atoms with E-state index in [0.29, 0.717) is 5.56 Å². The average molecular weight is 161 g/mol. The van der Waals surface area contributed by atoms with Gasteiger partial charge in [0.05, 0.1) is 5.56 Å². The third-order valence-corrected chi connectivity index (χ3v) is 1.09. The van der Waals surface area contributed by atoms with Crippen LogP contribution in [0.15, 0.2) is 18.5 Å². The van der Waals surface area contributed by atoms with Crippen molar-refractivity contribution >= 4 is 18.3 Å². The van der Waals surface area contributed by atoms with Gasteiger partial charge in [0.15, 0.2) is 0 Å². The zero-order chi connectivity index (χ0) is 6.69. The van der Waals surface area contributed by atoms with Gasteiger partial charge >= 0.3 is 0 Å². The van der Waals surface area contributed by atoms with Crippen molar-refractivity contribution in [2.24, 2.45) is 0 Å². The second kappa shape index (κ2) is 3.95. The number of rotatable bonds is 1. The van der Waals surface area contributed by atoms with E-state index in [0.717, 1.165) is 0 Å². The summed E-state index contributed by atoms with van der Waals surface area (Å²) >= 11 is 0. The standard InChI is InChI=1S/C6H8N2O.ClH/c1-7-6(9)5-2-3-8-4-5;/h2-4,8H,1H3,(H,7,9);1H. The Labute approximate surface area is 65.2 Å². The largest absolute Gasteiger partial charge is 0.367 e. The first-order valence-corrected chi connectivity index (χ1v) is 2.69. The molecule has 4 heteroatoms. The predicted molar refractivity (Wildman–Crippen MR) is 41.4 cm³/mol. The first-order valence-electron chi connectivity index (χ1n) is 2.69. The number of aromatic nitrogens is 1. The van der Waals surface area contributed by atoms with E-state index in [2.05, 4.69) is 10.3 Å². The smallest absolute Gasteiger partial charge is 0.252 e. The van der Waals surface area contributed by atoms with Gasteiger partial charge in [-0.15, -0.1) is 12.4 Å². The predicted octanol–water partition coefficient (Wildman–Crippen LogP) is 0.796. The summed E-state index contributed by atoms with van der Waals surface area (Å²) in [4.78, 5) is 13.5. The van der Waals surface area contributed by atoms with Crippen molar-refractivity contribution in [2.45, 2.75) is 0 Å². The maximum Gasteiger partial charge on any atom is 0.252 e. The van der Waals surface area contributed by atoms with E-state index >= 15 is 0 Å². The first kappa shape index (κ1) is 9.04. The van der Waals surface area contributed by atoms with Gasteiger partial charge in [-0.25, -0.2) is 0 Å². The van der Waals surface area contributed by atoms with Crippen LogP contribution in [0.4, 0.5) is 0 Å². The summed E-state index contributed by atoms with van der Waals surface area (Å²) in [6.45, 7) is 0. The molecule has 1 amide bonds. The molecule has 1 rings (SSSR count). The van der Waals surface area contributed by atoms with Crippen molar-refractivity contribution < 1.29 is 4.79 Å². The second-order valence-electron chi connectivity index (χ2n) is 1.68. The molecule has 0 unspecified atom stereocenters. The molecule has 0 aromatic carbocycles. The van der Waals surface area contributed by atoms with Crippen LogP contribution in [0.2, 0.25) is 0 Å². The number of aromatic amines is 1. The van der Waals surface area contributed by atoms with E-state index in [1.54, 1.807) is 25.5 Å². The van der Waals surface area contributed by atoms with Crippen LogP contribution in [0.25, 0.3) is 0 Å². The maximum atomic E-state index is 10.7. The Morgan fingerprint density at radius 2 is 2.40 bits per heavy atom. The highest BCUT2D eigenvalue weighted by Crippen LogP contribution is 1.93. The minimum absolute atomic E-state index is 0. The lowest BCUT2D eigenvalue weighted by atomic mass is 10.3. The molecular weight excluding hydrogens is 152 g/mol. The first-order chi connectivity index (χ1) is 4.34. The lowest BCUT2D eigenvalue weighted by Crippen LogP contribution is -2.16. The Balaban J connectivity index is 0.000000810. The Morgan fingerprint density at radius 3 is 2.80 bits per heavy atom. The highest BCUT2D eigenvalue weighted by atomic mass is 35.5. The van der Waals surface area contributed by atoms with E-state index in [9.17, 15) is 4.79 Å². The number of hydrogen-bond acceptors (Lipinski definition) is 1. The van der Waals surface area contributed by atoms with Crippen molar-refractivity contribution in [3.63, 3.8) is 0 Å². The fraction of sp³-hybridized carbons (Fsp3) is 0.167. The zero-order valence-corrected chi connectivity index (χ0v) is 6.37. The van der Waals surface area contributed by atoms with Gasteiger partial charge in [-0.1, -0.05) is 0 Å². The van der Waals surface area contributed by atoms with Gasteiger partial charge in [0.25, 0.3) is 5.91 Å². The van der Waals surface area contributed by atoms with Crippen LogP contribution >= 0.6 is 12.4 Å². The minimum Gasteiger partial charge on any atom is -0.367 e. The molecule has 0 radical (unpaired) electrons. The van der Waals surface area contributed by atoms with E-state index < -0.39 is 0 Å². The lowest BCUT2D eigenvalue weighted by Gasteiger charge is -1.90. The lowest BCUT2D eigenvalue weighted by molar-refractivity contribution is 0.0963. The SMILES string of the molecule is CNC(=O)c1cc[nH]c1.Cl. The molecule has 0 atom stereocenters. The van der Waals surface area contributed by atoms with Crippen LogP contribution in [-0.4, -0.2) is 17.9 Å². The molecule has 0 saturated heterocycles. The number of hydrogen-bond donors (Lipinski definition) is 2. The molecule has 1 aromatic rings. The molecule has 0 spiro atoms. The Bertz CT molecular complexity index is 196. The Kier molecular flexibility index (Phi) is 3.57. The van der Waals surface area contributed by atoms with Gasteiger partial charge in [0, 0.05) is 19.4 Å². The molecule has 10 heavy (non-hydrogen) atoms. The molecule has 1 aromatic heterocycles. The molecule has 56 valence electrons. The van der Waals surface area contributed by atoms with Crippen molar-refractivity contribution in [2.75, 3.05) is 7.05 Å². The molecule has 0 saturated carbocycles. The minimum atomic E-state index is -0.0590. The van der Waals surface area contributed by atoms with Crippen LogP contribution in [0.3, 0.4) is 0 Å². The molecule has 0 aliphatic carbocycles. The zero-order valence-electron chi connectivity index (χ0n) is 5.55. The molecular formula is C6H9ClN2O. The Morgan fingerprint density at radius 1 is 1.70 bits per heavy atom. The average Bonchev–Trinajstić information content (AvgIpc) is 2.37. The molecule has 0 fully saturated rings. The molecule has 0 bridgehead atoms. The summed E-state index contributed by atoms with van der Waals surface area (Å²) in [7, 11) is 1.61. The van der Waals surface area contributed by atoms with E-state index in [1.807, 2.05) is 0 Å². The monoisotopic (exact) mass is 160 g/mol.